The largest absolute Gasteiger partial charge is 0.464 e. The van der Waals surface area contributed by atoms with Gasteiger partial charge < -0.3 is 20.1 Å². The summed E-state index contributed by atoms with van der Waals surface area (Å²) in [4.78, 5) is 24.6. The Morgan fingerprint density at radius 1 is 0.692 bits per heavy atom. The lowest BCUT2D eigenvalue weighted by molar-refractivity contribution is -0.139. The fraction of sp³-hybridized carbons (Fsp3) is 0.111. The van der Waals surface area contributed by atoms with E-state index in [1.54, 1.807) is 48.5 Å². The van der Waals surface area contributed by atoms with Crippen LogP contribution in [-0.4, -0.2) is 26.2 Å². The van der Waals surface area contributed by atoms with Gasteiger partial charge in [0.2, 0.25) is 0 Å². The summed E-state index contributed by atoms with van der Waals surface area (Å²) < 4.78 is 11.4. The molecule has 0 heterocycles. The molecule has 0 radical (unpaired) electrons. The first-order valence-corrected chi connectivity index (χ1v) is 8.99. The van der Waals surface area contributed by atoms with E-state index in [0.717, 1.165) is 8.95 Å². The standard InChI is InChI=1S/C18H16Br2N2O4/c1-25-17(23)15(21-13-7-3-11(19)4-8-13)16(18(24)26-2)22-14-9-5-12(20)6-10-14/h3-10,21-22H,1-2H3/b16-15+. The molecule has 6 nitrogen and oxygen atoms in total. The number of methoxy groups -OCH3 is 2. The SMILES string of the molecule is COC(=O)/C(Nc1ccc(Br)cc1)=C(\Nc1ccc(Br)cc1)C(=O)OC. The number of halogens is 2. The van der Waals surface area contributed by atoms with E-state index < -0.39 is 11.9 Å². The Bertz CT molecular complexity index is 749. The summed E-state index contributed by atoms with van der Waals surface area (Å²) in [6.07, 6.45) is 0. The number of rotatable bonds is 6. The Balaban J connectivity index is 2.46. The number of hydrogen-bond donors (Lipinski definition) is 2. The van der Waals surface area contributed by atoms with Crippen LogP contribution in [0.2, 0.25) is 0 Å². The zero-order valence-electron chi connectivity index (χ0n) is 14.0. The Hall–Kier alpha value is -2.32. The number of nitrogens with one attached hydrogen (secondary N) is 2. The molecule has 0 saturated carbocycles. The molecule has 26 heavy (non-hydrogen) atoms. The number of hydrogen-bond acceptors (Lipinski definition) is 6. The predicted molar refractivity (Wildman–Crippen MR) is 107 cm³/mol. The van der Waals surface area contributed by atoms with Crippen molar-refractivity contribution in [1.29, 1.82) is 0 Å². The number of esters is 2. The minimum atomic E-state index is -0.710. The van der Waals surface area contributed by atoms with Crippen LogP contribution >= 0.6 is 31.9 Å². The molecule has 0 aliphatic carbocycles. The molecule has 0 unspecified atom stereocenters. The van der Waals surface area contributed by atoms with E-state index in [1.807, 2.05) is 0 Å². The van der Waals surface area contributed by atoms with Crippen LogP contribution in [0.25, 0.3) is 0 Å². The van der Waals surface area contributed by atoms with Gasteiger partial charge in [0.25, 0.3) is 0 Å². The maximum absolute atomic E-state index is 12.3. The lowest BCUT2D eigenvalue weighted by Crippen LogP contribution is -2.24. The Kier molecular flexibility index (Phi) is 7.23. The number of carbonyl (C=O) groups excluding carboxylic acids is 2. The molecule has 0 fully saturated rings. The molecule has 2 aromatic carbocycles. The summed E-state index contributed by atoms with van der Waals surface area (Å²) in [6, 6.07) is 14.2. The van der Waals surface area contributed by atoms with E-state index in [4.69, 9.17) is 9.47 Å². The first-order valence-electron chi connectivity index (χ1n) is 7.40. The molecule has 0 aliphatic heterocycles. The first kappa shape index (κ1) is 20.0. The molecule has 0 aromatic heterocycles. The third-order valence-corrected chi connectivity index (χ3v) is 4.31. The summed E-state index contributed by atoms with van der Waals surface area (Å²) in [5, 5.41) is 5.83. The summed E-state index contributed by atoms with van der Waals surface area (Å²) in [7, 11) is 2.47. The van der Waals surface area contributed by atoms with Gasteiger partial charge in [-0.3, -0.25) is 0 Å². The quantitative estimate of drug-likeness (QED) is 0.471. The number of benzene rings is 2. The minimum absolute atomic E-state index is 0.0652. The van der Waals surface area contributed by atoms with Crippen molar-refractivity contribution in [2.45, 2.75) is 0 Å². The topological polar surface area (TPSA) is 76.7 Å². The number of ether oxygens (including phenoxy) is 2. The van der Waals surface area contributed by atoms with E-state index in [-0.39, 0.29) is 11.4 Å². The smallest absolute Gasteiger partial charge is 0.356 e. The lowest BCUT2D eigenvalue weighted by Gasteiger charge is -2.16. The third-order valence-electron chi connectivity index (χ3n) is 3.26. The van der Waals surface area contributed by atoms with Crippen molar-refractivity contribution >= 4 is 55.2 Å². The molecule has 0 saturated heterocycles. The zero-order chi connectivity index (χ0) is 19.1. The highest BCUT2D eigenvalue weighted by Gasteiger charge is 2.23. The van der Waals surface area contributed by atoms with Gasteiger partial charge in [-0.2, -0.15) is 0 Å². The second-order valence-electron chi connectivity index (χ2n) is 5.00. The number of carbonyl (C=O) groups is 2. The van der Waals surface area contributed by atoms with Gasteiger partial charge in [0.15, 0.2) is 11.4 Å². The van der Waals surface area contributed by atoms with Gasteiger partial charge in [-0.25, -0.2) is 9.59 Å². The third kappa shape index (κ3) is 5.34. The van der Waals surface area contributed by atoms with Crippen LogP contribution in [-0.2, 0) is 19.1 Å². The van der Waals surface area contributed by atoms with E-state index in [2.05, 4.69) is 42.5 Å². The van der Waals surface area contributed by atoms with Crippen LogP contribution in [0.5, 0.6) is 0 Å². The van der Waals surface area contributed by atoms with Crippen LogP contribution in [0.15, 0.2) is 68.9 Å². The van der Waals surface area contributed by atoms with Gasteiger partial charge in [-0.15, -0.1) is 0 Å². The molecular formula is C18H16Br2N2O4. The number of anilines is 2. The van der Waals surface area contributed by atoms with E-state index in [0.29, 0.717) is 11.4 Å². The van der Waals surface area contributed by atoms with Crippen LogP contribution in [0.1, 0.15) is 0 Å². The van der Waals surface area contributed by atoms with Crippen molar-refractivity contribution in [3.8, 4) is 0 Å². The van der Waals surface area contributed by atoms with Crippen LogP contribution < -0.4 is 10.6 Å². The maximum atomic E-state index is 12.3. The van der Waals surface area contributed by atoms with Crippen molar-refractivity contribution in [1.82, 2.24) is 0 Å². The molecule has 2 aromatic rings. The lowest BCUT2D eigenvalue weighted by atomic mass is 10.2. The van der Waals surface area contributed by atoms with Crippen molar-refractivity contribution in [2.75, 3.05) is 24.9 Å². The Morgan fingerprint density at radius 3 is 1.27 bits per heavy atom. The molecule has 0 amide bonds. The minimum Gasteiger partial charge on any atom is -0.464 e. The Morgan fingerprint density at radius 2 is 1.00 bits per heavy atom. The second-order valence-corrected chi connectivity index (χ2v) is 6.83. The van der Waals surface area contributed by atoms with Crippen molar-refractivity contribution < 1.29 is 19.1 Å². The van der Waals surface area contributed by atoms with Crippen LogP contribution in [0, 0.1) is 0 Å². The van der Waals surface area contributed by atoms with Gasteiger partial charge in [-0.05, 0) is 48.5 Å². The van der Waals surface area contributed by atoms with Crippen LogP contribution in [0.3, 0.4) is 0 Å². The van der Waals surface area contributed by atoms with E-state index >= 15 is 0 Å². The average Bonchev–Trinajstić information content (AvgIpc) is 2.66. The van der Waals surface area contributed by atoms with Gasteiger partial charge in [0.05, 0.1) is 14.2 Å². The summed E-state index contributed by atoms with van der Waals surface area (Å²) in [6.45, 7) is 0. The predicted octanol–water partition coefficient (Wildman–Crippen LogP) is 4.29. The van der Waals surface area contributed by atoms with E-state index in [1.165, 1.54) is 14.2 Å². The fourth-order valence-corrected chi connectivity index (χ4v) is 2.52. The monoisotopic (exact) mass is 482 g/mol. The molecular weight excluding hydrogens is 468 g/mol. The highest BCUT2D eigenvalue weighted by Crippen LogP contribution is 2.21. The summed E-state index contributed by atoms with van der Waals surface area (Å²) in [5.41, 5.74) is 1.08. The maximum Gasteiger partial charge on any atom is 0.356 e. The molecule has 8 heteroatoms. The normalized spacial score (nSPS) is 11.2. The zero-order valence-corrected chi connectivity index (χ0v) is 17.2. The van der Waals surface area contributed by atoms with Crippen molar-refractivity contribution in [3.05, 3.63) is 68.9 Å². The van der Waals surface area contributed by atoms with Gasteiger partial charge >= 0.3 is 11.9 Å². The molecule has 2 N–H and O–H groups in total. The second kappa shape index (κ2) is 9.40. The highest BCUT2D eigenvalue weighted by atomic mass is 79.9. The molecule has 0 aliphatic rings. The van der Waals surface area contributed by atoms with Gasteiger partial charge in [0, 0.05) is 20.3 Å². The van der Waals surface area contributed by atoms with Crippen molar-refractivity contribution in [2.24, 2.45) is 0 Å². The highest BCUT2D eigenvalue weighted by molar-refractivity contribution is 9.10. The average molecular weight is 484 g/mol. The van der Waals surface area contributed by atoms with E-state index in [9.17, 15) is 9.59 Å². The first-order chi connectivity index (χ1) is 12.4. The van der Waals surface area contributed by atoms with Crippen LogP contribution in [0.4, 0.5) is 11.4 Å². The molecule has 2 rings (SSSR count). The summed E-state index contributed by atoms with van der Waals surface area (Å²) >= 11 is 6.69. The van der Waals surface area contributed by atoms with Gasteiger partial charge in [-0.1, -0.05) is 31.9 Å². The van der Waals surface area contributed by atoms with Gasteiger partial charge in [0.1, 0.15) is 0 Å². The molecule has 0 bridgehead atoms. The Labute approximate surface area is 167 Å². The molecule has 0 atom stereocenters. The molecule has 136 valence electrons. The fourth-order valence-electron chi connectivity index (χ4n) is 1.99. The molecule has 0 spiro atoms. The van der Waals surface area contributed by atoms with Crippen molar-refractivity contribution in [3.63, 3.8) is 0 Å². The summed E-state index contributed by atoms with van der Waals surface area (Å²) in [5.74, 6) is -1.42.